The molecule has 0 aliphatic heterocycles. The van der Waals surface area contributed by atoms with E-state index in [9.17, 15) is 0 Å². The van der Waals surface area contributed by atoms with E-state index in [0.717, 1.165) is 33.7 Å². The van der Waals surface area contributed by atoms with Gasteiger partial charge in [-0.3, -0.25) is 0 Å². The van der Waals surface area contributed by atoms with Crippen LogP contribution < -0.4 is 4.74 Å². The average molecular weight is 350 g/mol. The predicted octanol–water partition coefficient (Wildman–Crippen LogP) is 4.58. The van der Waals surface area contributed by atoms with Crippen LogP contribution in [-0.4, -0.2) is 18.0 Å². The van der Waals surface area contributed by atoms with E-state index in [0.29, 0.717) is 18.1 Å². The lowest BCUT2D eigenvalue weighted by atomic mass is 10.0. The Morgan fingerprint density at radius 2 is 1.88 bits per heavy atom. The van der Waals surface area contributed by atoms with Crippen LogP contribution in [0.5, 0.6) is 5.75 Å². The van der Waals surface area contributed by atoms with Crippen molar-refractivity contribution in [3.63, 3.8) is 0 Å². The van der Waals surface area contributed by atoms with Crippen LogP contribution in [0.4, 0.5) is 0 Å². The summed E-state index contributed by atoms with van der Waals surface area (Å²) >= 11 is 0. The van der Waals surface area contributed by atoms with E-state index in [1.54, 1.807) is 0 Å². The first kappa shape index (κ1) is 17.7. The standard InChI is InChI=1S/C21H22N2O3/c1-14-9-10-15(2)19(11-14)25-13-17-7-5-6-8-18(17)21(23-24-4)20-12-16(3)22-26-20/h5-12H,13H2,1-4H3. The lowest BCUT2D eigenvalue weighted by Crippen LogP contribution is -2.09. The van der Waals surface area contributed by atoms with Crippen LogP contribution in [0.25, 0.3) is 0 Å². The fourth-order valence-corrected chi connectivity index (χ4v) is 2.69. The van der Waals surface area contributed by atoms with Gasteiger partial charge in [0.1, 0.15) is 19.5 Å². The van der Waals surface area contributed by atoms with E-state index in [4.69, 9.17) is 14.1 Å². The smallest absolute Gasteiger partial charge is 0.189 e. The molecular formula is C21H22N2O3. The molecule has 0 aliphatic carbocycles. The van der Waals surface area contributed by atoms with E-state index in [2.05, 4.69) is 29.4 Å². The van der Waals surface area contributed by atoms with Crippen molar-refractivity contribution in [3.05, 3.63) is 82.2 Å². The van der Waals surface area contributed by atoms with Gasteiger partial charge in [-0.05, 0) is 43.5 Å². The quantitative estimate of drug-likeness (QED) is 0.482. The molecule has 1 heterocycles. The van der Waals surface area contributed by atoms with Crippen molar-refractivity contribution in [2.45, 2.75) is 27.4 Å². The van der Waals surface area contributed by atoms with Gasteiger partial charge in [0, 0.05) is 11.6 Å². The number of oxime groups is 1. The van der Waals surface area contributed by atoms with E-state index < -0.39 is 0 Å². The Balaban J connectivity index is 1.92. The van der Waals surface area contributed by atoms with Crippen LogP contribution in [0.15, 0.2) is 58.2 Å². The fraction of sp³-hybridized carbons (Fsp3) is 0.238. The summed E-state index contributed by atoms with van der Waals surface area (Å²) in [5, 5.41) is 8.10. The maximum absolute atomic E-state index is 6.07. The van der Waals surface area contributed by atoms with E-state index >= 15 is 0 Å². The Kier molecular flexibility index (Phi) is 5.37. The SMILES string of the molecule is CON=C(c1cc(C)no1)c1ccccc1COc1cc(C)ccc1C. The Morgan fingerprint density at radius 3 is 2.62 bits per heavy atom. The Hall–Kier alpha value is -3.08. The molecule has 0 fully saturated rings. The van der Waals surface area contributed by atoms with Gasteiger partial charge in [-0.2, -0.15) is 0 Å². The highest BCUT2D eigenvalue weighted by Crippen LogP contribution is 2.23. The first-order chi connectivity index (χ1) is 12.6. The number of hydrogen-bond acceptors (Lipinski definition) is 5. The molecule has 0 N–H and O–H groups in total. The van der Waals surface area contributed by atoms with Gasteiger partial charge in [0.05, 0.1) is 5.69 Å². The van der Waals surface area contributed by atoms with Crippen LogP contribution >= 0.6 is 0 Å². The predicted molar refractivity (Wildman–Crippen MR) is 101 cm³/mol. The van der Waals surface area contributed by atoms with E-state index in [1.807, 2.05) is 50.2 Å². The third kappa shape index (κ3) is 3.94. The maximum atomic E-state index is 6.07. The van der Waals surface area contributed by atoms with Crippen molar-refractivity contribution in [1.29, 1.82) is 0 Å². The van der Waals surface area contributed by atoms with Gasteiger partial charge in [0.25, 0.3) is 0 Å². The van der Waals surface area contributed by atoms with Crippen LogP contribution in [0, 0.1) is 20.8 Å². The summed E-state index contributed by atoms with van der Waals surface area (Å²) in [7, 11) is 1.51. The molecule has 0 amide bonds. The molecule has 5 nitrogen and oxygen atoms in total. The molecule has 0 spiro atoms. The van der Waals surface area contributed by atoms with Crippen LogP contribution in [0.1, 0.15) is 33.7 Å². The van der Waals surface area contributed by atoms with Crippen molar-refractivity contribution < 1.29 is 14.1 Å². The molecule has 1 aromatic heterocycles. The summed E-state index contributed by atoms with van der Waals surface area (Å²) in [5.74, 6) is 1.43. The highest BCUT2D eigenvalue weighted by molar-refractivity contribution is 6.11. The molecule has 3 rings (SSSR count). The van der Waals surface area contributed by atoms with Gasteiger partial charge in [-0.1, -0.05) is 46.7 Å². The van der Waals surface area contributed by atoms with Crippen LogP contribution in [0.2, 0.25) is 0 Å². The fourth-order valence-electron chi connectivity index (χ4n) is 2.69. The second-order valence-corrected chi connectivity index (χ2v) is 6.17. The molecule has 0 bridgehead atoms. The number of aryl methyl sites for hydroxylation is 3. The first-order valence-corrected chi connectivity index (χ1v) is 8.41. The van der Waals surface area contributed by atoms with E-state index in [-0.39, 0.29) is 0 Å². The van der Waals surface area contributed by atoms with Gasteiger partial charge in [-0.15, -0.1) is 0 Å². The average Bonchev–Trinajstić information content (AvgIpc) is 3.07. The number of nitrogens with zero attached hydrogens (tertiary/aromatic N) is 2. The molecule has 0 unspecified atom stereocenters. The summed E-state index contributed by atoms with van der Waals surface area (Å²) in [6, 6.07) is 15.9. The van der Waals surface area contributed by atoms with Crippen LogP contribution in [-0.2, 0) is 11.4 Å². The van der Waals surface area contributed by atoms with Gasteiger partial charge < -0.3 is 14.1 Å². The maximum Gasteiger partial charge on any atom is 0.189 e. The molecule has 5 heteroatoms. The first-order valence-electron chi connectivity index (χ1n) is 8.41. The van der Waals surface area contributed by atoms with Crippen molar-refractivity contribution >= 4 is 5.71 Å². The molecular weight excluding hydrogens is 328 g/mol. The summed E-state index contributed by atoms with van der Waals surface area (Å²) in [5.41, 5.74) is 5.51. The highest BCUT2D eigenvalue weighted by atomic mass is 16.6. The van der Waals surface area contributed by atoms with Crippen LogP contribution in [0.3, 0.4) is 0 Å². The van der Waals surface area contributed by atoms with E-state index in [1.165, 1.54) is 7.11 Å². The monoisotopic (exact) mass is 350 g/mol. The molecule has 26 heavy (non-hydrogen) atoms. The zero-order chi connectivity index (χ0) is 18.5. The van der Waals surface area contributed by atoms with Gasteiger partial charge >= 0.3 is 0 Å². The zero-order valence-electron chi connectivity index (χ0n) is 15.4. The van der Waals surface area contributed by atoms with Gasteiger partial charge in [0.2, 0.25) is 0 Å². The minimum atomic E-state index is 0.413. The Morgan fingerprint density at radius 1 is 1.08 bits per heavy atom. The lowest BCUT2D eigenvalue weighted by Gasteiger charge is -2.13. The normalized spacial score (nSPS) is 11.5. The third-order valence-corrected chi connectivity index (χ3v) is 4.04. The number of ether oxygens (including phenoxy) is 1. The molecule has 2 aromatic carbocycles. The second-order valence-electron chi connectivity index (χ2n) is 6.17. The topological polar surface area (TPSA) is 56.9 Å². The molecule has 0 saturated carbocycles. The van der Waals surface area contributed by atoms with Gasteiger partial charge in [0.15, 0.2) is 11.5 Å². The van der Waals surface area contributed by atoms with Crippen molar-refractivity contribution in [3.8, 4) is 5.75 Å². The minimum Gasteiger partial charge on any atom is -0.489 e. The molecule has 3 aromatic rings. The number of benzene rings is 2. The Labute approximate surface area is 153 Å². The third-order valence-electron chi connectivity index (χ3n) is 4.04. The minimum absolute atomic E-state index is 0.413. The van der Waals surface area contributed by atoms with Gasteiger partial charge in [-0.25, -0.2) is 0 Å². The molecule has 0 radical (unpaired) electrons. The molecule has 0 saturated heterocycles. The number of rotatable bonds is 6. The molecule has 0 aliphatic rings. The Bertz CT molecular complexity index is 929. The summed E-state index contributed by atoms with van der Waals surface area (Å²) in [4.78, 5) is 5.03. The second kappa shape index (κ2) is 7.87. The van der Waals surface area contributed by atoms with Crippen molar-refractivity contribution in [1.82, 2.24) is 5.16 Å². The summed E-state index contributed by atoms with van der Waals surface area (Å²) in [6.07, 6.45) is 0. The number of hydrogen-bond donors (Lipinski definition) is 0. The highest BCUT2D eigenvalue weighted by Gasteiger charge is 2.17. The van der Waals surface area contributed by atoms with Crippen molar-refractivity contribution in [2.24, 2.45) is 5.16 Å². The largest absolute Gasteiger partial charge is 0.489 e. The zero-order valence-corrected chi connectivity index (χ0v) is 15.4. The van der Waals surface area contributed by atoms with Crippen molar-refractivity contribution in [2.75, 3.05) is 7.11 Å². The summed E-state index contributed by atoms with van der Waals surface area (Å²) in [6.45, 7) is 6.37. The summed E-state index contributed by atoms with van der Waals surface area (Å²) < 4.78 is 11.5. The molecule has 0 atom stereocenters. The number of aromatic nitrogens is 1. The molecule has 134 valence electrons. The lowest BCUT2D eigenvalue weighted by molar-refractivity contribution is 0.212.